The normalized spacial score (nSPS) is 17.0. The molecule has 2 aliphatic carbocycles. The second-order valence-electron chi connectivity index (χ2n) is 6.69. The number of aromatic nitrogens is 3. The maximum atomic E-state index is 13.0. The maximum Gasteiger partial charge on any atom is 0.259 e. The van der Waals surface area contributed by atoms with Gasteiger partial charge < -0.3 is 9.84 Å². The van der Waals surface area contributed by atoms with Crippen LogP contribution in [-0.2, 0) is 0 Å². The van der Waals surface area contributed by atoms with Gasteiger partial charge in [-0.25, -0.2) is 9.97 Å². The number of hydrogen-bond acceptors (Lipinski definition) is 5. The second-order valence-corrected chi connectivity index (χ2v) is 7.05. The molecule has 0 atom stereocenters. The number of anilines is 1. The smallest absolute Gasteiger partial charge is 0.259 e. The number of fused-ring (bicyclic) bond motifs is 1. The molecule has 0 saturated heterocycles. The minimum Gasteiger partial charge on any atom is -0.335 e. The number of pyridine rings is 2. The van der Waals surface area contributed by atoms with Gasteiger partial charge in [-0.3, -0.25) is 4.79 Å². The predicted octanol–water partition coefficient (Wildman–Crippen LogP) is 4.28. The molecule has 0 radical (unpaired) electrons. The number of halogens is 1. The minimum atomic E-state index is -0.241. The fourth-order valence-corrected chi connectivity index (χ4v) is 3.23. The maximum absolute atomic E-state index is 13.0. The van der Waals surface area contributed by atoms with Gasteiger partial charge in [0.1, 0.15) is 0 Å². The van der Waals surface area contributed by atoms with Crippen molar-refractivity contribution in [2.45, 2.75) is 37.5 Å². The van der Waals surface area contributed by atoms with Crippen molar-refractivity contribution in [3.63, 3.8) is 0 Å². The van der Waals surface area contributed by atoms with Crippen molar-refractivity contribution in [2.75, 3.05) is 5.32 Å². The highest BCUT2D eigenvalue weighted by atomic mass is 35.5. The minimum absolute atomic E-state index is 0.241. The van der Waals surface area contributed by atoms with Crippen LogP contribution in [0.5, 0.6) is 0 Å². The van der Waals surface area contributed by atoms with Crippen molar-refractivity contribution in [1.29, 1.82) is 0 Å². The Bertz CT molecular complexity index is 992. The van der Waals surface area contributed by atoms with E-state index in [0.29, 0.717) is 28.8 Å². The Hall–Kier alpha value is -2.47. The summed E-state index contributed by atoms with van der Waals surface area (Å²) in [7, 11) is 0. The first kappa shape index (κ1) is 14.8. The van der Waals surface area contributed by atoms with Crippen LogP contribution in [0.2, 0.25) is 5.15 Å². The molecule has 5 rings (SSSR count). The summed E-state index contributed by atoms with van der Waals surface area (Å²) < 4.78 is 5.45. The quantitative estimate of drug-likeness (QED) is 0.707. The summed E-state index contributed by atoms with van der Waals surface area (Å²) in [6.45, 7) is 0. The van der Waals surface area contributed by atoms with Crippen molar-refractivity contribution in [3.8, 4) is 0 Å². The summed E-state index contributed by atoms with van der Waals surface area (Å²) in [5, 5.41) is 8.03. The number of carbonyl (C=O) groups excluding carboxylic acids is 1. The third-order valence-electron chi connectivity index (χ3n) is 4.70. The Morgan fingerprint density at radius 3 is 2.76 bits per heavy atom. The average molecular weight is 355 g/mol. The largest absolute Gasteiger partial charge is 0.335 e. The van der Waals surface area contributed by atoms with Crippen LogP contribution in [0, 0.1) is 0 Å². The lowest BCUT2D eigenvalue weighted by atomic mass is 10.0. The van der Waals surface area contributed by atoms with Gasteiger partial charge in [-0.1, -0.05) is 16.8 Å². The van der Waals surface area contributed by atoms with Gasteiger partial charge in [0.2, 0.25) is 0 Å². The van der Waals surface area contributed by atoms with Crippen molar-refractivity contribution >= 4 is 34.3 Å². The lowest BCUT2D eigenvalue weighted by Crippen LogP contribution is -2.14. The van der Waals surface area contributed by atoms with Crippen LogP contribution in [0.1, 0.15) is 59.3 Å². The summed E-state index contributed by atoms with van der Waals surface area (Å²) in [6.07, 6.45) is 5.91. The van der Waals surface area contributed by atoms with Crippen LogP contribution in [0.3, 0.4) is 0 Å². The van der Waals surface area contributed by atoms with Crippen molar-refractivity contribution in [2.24, 2.45) is 0 Å². The lowest BCUT2D eigenvalue weighted by molar-refractivity contribution is 0.102. The van der Waals surface area contributed by atoms with Crippen LogP contribution in [0.25, 0.3) is 11.1 Å². The van der Waals surface area contributed by atoms with Gasteiger partial charge in [0.05, 0.1) is 22.3 Å². The zero-order chi connectivity index (χ0) is 17.0. The highest BCUT2D eigenvalue weighted by Gasteiger charge is 2.34. The number of carbonyl (C=O) groups is 1. The van der Waals surface area contributed by atoms with Crippen molar-refractivity contribution in [1.82, 2.24) is 15.1 Å². The molecular weight excluding hydrogens is 340 g/mol. The van der Waals surface area contributed by atoms with E-state index in [-0.39, 0.29) is 11.1 Å². The van der Waals surface area contributed by atoms with E-state index in [1.807, 2.05) is 6.07 Å². The molecule has 0 aliphatic heterocycles. The molecule has 0 spiro atoms. The summed E-state index contributed by atoms with van der Waals surface area (Å²) in [5.41, 5.74) is 3.22. The van der Waals surface area contributed by atoms with Crippen LogP contribution in [0.15, 0.2) is 28.9 Å². The number of nitrogens with zero attached hydrogens (tertiary/aromatic N) is 3. The van der Waals surface area contributed by atoms with Gasteiger partial charge in [0, 0.05) is 23.7 Å². The fourth-order valence-electron chi connectivity index (χ4n) is 3.06. The Balaban J connectivity index is 1.61. The SMILES string of the molecule is O=C(Nc1cccnc1Cl)c1cc(C2CC2)nc2onc(C3CC3)c12. The van der Waals surface area contributed by atoms with Gasteiger partial charge in [0.25, 0.3) is 11.6 Å². The van der Waals surface area contributed by atoms with Gasteiger partial charge in [-0.2, -0.15) is 0 Å². The van der Waals surface area contributed by atoms with Gasteiger partial charge in [-0.05, 0) is 43.9 Å². The summed E-state index contributed by atoms with van der Waals surface area (Å²) >= 11 is 6.07. The van der Waals surface area contributed by atoms with Gasteiger partial charge in [-0.15, -0.1) is 0 Å². The number of amides is 1. The molecule has 0 aromatic carbocycles. The zero-order valence-electron chi connectivity index (χ0n) is 13.3. The van der Waals surface area contributed by atoms with E-state index in [4.69, 9.17) is 16.1 Å². The van der Waals surface area contributed by atoms with Crippen LogP contribution >= 0.6 is 11.6 Å². The molecule has 3 heterocycles. The number of rotatable bonds is 4. The van der Waals surface area contributed by atoms with Crippen molar-refractivity contribution < 1.29 is 9.32 Å². The topological polar surface area (TPSA) is 80.9 Å². The first-order valence-corrected chi connectivity index (χ1v) is 8.80. The molecule has 1 N–H and O–H groups in total. The highest BCUT2D eigenvalue weighted by molar-refractivity contribution is 6.32. The molecule has 1 amide bonds. The summed E-state index contributed by atoms with van der Waals surface area (Å²) in [6, 6.07) is 5.33. The lowest BCUT2D eigenvalue weighted by Gasteiger charge is -2.09. The first-order chi connectivity index (χ1) is 12.2. The van der Waals surface area contributed by atoms with E-state index in [1.54, 1.807) is 18.3 Å². The Morgan fingerprint density at radius 2 is 2.04 bits per heavy atom. The van der Waals surface area contributed by atoms with Gasteiger partial charge >= 0.3 is 0 Å². The standard InChI is InChI=1S/C18H15ClN4O2/c19-16-12(2-1-7-20-16)21-17(24)11-8-13(9-3-4-9)22-18-14(11)15(23-25-18)10-5-6-10/h1-2,7-10H,3-6H2,(H,21,24). The third-order valence-corrected chi connectivity index (χ3v) is 5.01. The molecule has 126 valence electrons. The summed E-state index contributed by atoms with van der Waals surface area (Å²) in [4.78, 5) is 21.6. The second kappa shape index (κ2) is 5.52. The molecule has 7 heteroatoms. The average Bonchev–Trinajstić information content (AvgIpc) is 3.53. The van der Waals surface area contributed by atoms with E-state index < -0.39 is 0 Å². The van der Waals surface area contributed by atoms with Crippen LogP contribution in [-0.4, -0.2) is 21.0 Å². The Kier molecular flexibility index (Phi) is 3.28. The fraction of sp³-hybridized carbons (Fsp3) is 0.333. The Labute approximate surface area is 148 Å². The molecule has 0 bridgehead atoms. The predicted molar refractivity (Wildman–Crippen MR) is 93.0 cm³/mol. The highest BCUT2D eigenvalue weighted by Crippen LogP contribution is 2.45. The first-order valence-electron chi connectivity index (χ1n) is 8.43. The zero-order valence-corrected chi connectivity index (χ0v) is 14.1. The molecule has 25 heavy (non-hydrogen) atoms. The van der Waals surface area contributed by atoms with Gasteiger partial charge in [0.15, 0.2) is 5.15 Å². The van der Waals surface area contributed by atoms with Crippen LogP contribution in [0.4, 0.5) is 5.69 Å². The Morgan fingerprint density at radius 1 is 1.24 bits per heavy atom. The molecule has 6 nitrogen and oxygen atoms in total. The number of nitrogens with one attached hydrogen (secondary N) is 1. The molecule has 2 saturated carbocycles. The summed E-state index contributed by atoms with van der Waals surface area (Å²) in [5.74, 6) is 0.532. The van der Waals surface area contributed by atoms with E-state index in [1.165, 1.54) is 0 Å². The number of hydrogen-bond donors (Lipinski definition) is 1. The van der Waals surface area contributed by atoms with Crippen molar-refractivity contribution in [3.05, 3.63) is 46.5 Å². The van der Waals surface area contributed by atoms with E-state index in [0.717, 1.165) is 42.5 Å². The van der Waals surface area contributed by atoms with E-state index in [2.05, 4.69) is 20.4 Å². The molecule has 2 fully saturated rings. The monoisotopic (exact) mass is 354 g/mol. The molecule has 0 unspecified atom stereocenters. The third kappa shape index (κ3) is 2.66. The molecule has 3 aromatic heterocycles. The molecule has 3 aromatic rings. The van der Waals surface area contributed by atoms with E-state index in [9.17, 15) is 4.79 Å². The molecule has 2 aliphatic rings. The van der Waals surface area contributed by atoms with E-state index >= 15 is 0 Å². The van der Waals surface area contributed by atoms with Crippen LogP contribution < -0.4 is 5.32 Å². The molecular formula is C18H15ClN4O2.